The molecule has 1 atom stereocenters. The van der Waals surface area contributed by atoms with E-state index in [9.17, 15) is 0 Å². The molecule has 0 spiro atoms. The molecular formula is C11H14N2. The van der Waals surface area contributed by atoms with Crippen LogP contribution in [0.1, 0.15) is 12.5 Å². The Balaban J connectivity index is 2.37. The van der Waals surface area contributed by atoms with Crippen molar-refractivity contribution in [3.63, 3.8) is 0 Å². The lowest BCUT2D eigenvalue weighted by atomic mass is 10.1. The first-order valence-corrected chi connectivity index (χ1v) is 4.47. The van der Waals surface area contributed by atoms with Gasteiger partial charge in [0.2, 0.25) is 0 Å². The van der Waals surface area contributed by atoms with Crippen molar-refractivity contribution in [3.8, 4) is 6.07 Å². The molecule has 0 unspecified atom stereocenters. The average Bonchev–Trinajstić information content (AvgIpc) is 2.16. The van der Waals surface area contributed by atoms with E-state index in [1.54, 1.807) is 0 Å². The van der Waals surface area contributed by atoms with Crippen LogP contribution >= 0.6 is 0 Å². The lowest BCUT2D eigenvalue weighted by molar-refractivity contribution is 0.583. The van der Waals surface area contributed by atoms with Crippen LogP contribution in [-0.2, 0) is 6.42 Å². The van der Waals surface area contributed by atoms with Gasteiger partial charge in [-0.15, -0.1) is 0 Å². The molecule has 1 N–H and O–H groups in total. The zero-order valence-electron chi connectivity index (χ0n) is 7.83. The highest BCUT2D eigenvalue weighted by Gasteiger charge is 2.00. The van der Waals surface area contributed by atoms with Crippen molar-refractivity contribution >= 4 is 0 Å². The average molecular weight is 174 g/mol. The molecule has 0 bridgehead atoms. The minimum atomic E-state index is 0.363. The molecule has 2 heteroatoms. The number of hydrogen-bond donors (Lipinski definition) is 1. The molecule has 1 rings (SSSR count). The van der Waals surface area contributed by atoms with Crippen molar-refractivity contribution in [1.82, 2.24) is 5.32 Å². The van der Waals surface area contributed by atoms with Crippen LogP contribution < -0.4 is 5.32 Å². The predicted octanol–water partition coefficient (Wildman–Crippen LogP) is 1.73. The Hall–Kier alpha value is -1.33. The standard InChI is InChI=1S/C11H14N2/c1-10(13-8-7-12)9-11-5-3-2-4-6-11/h2-6,10,13H,8-9H2,1H3/t10-/m0/s1. The molecule has 0 aliphatic carbocycles. The number of hydrogen-bond acceptors (Lipinski definition) is 2. The van der Waals surface area contributed by atoms with Crippen molar-refractivity contribution in [3.05, 3.63) is 35.9 Å². The highest BCUT2D eigenvalue weighted by Crippen LogP contribution is 2.01. The van der Waals surface area contributed by atoms with E-state index in [2.05, 4.69) is 30.4 Å². The topological polar surface area (TPSA) is 35.8 Å². The van der Waals surface area contributed by atoms with Crippen LogP contribution in [0.5, 0.6) is 0 Å². The van der Waals surface area contributed by atoms with Gasteiger partial charge in [-0.25, -0.2) is 0 Å². The molecule has 13 heavy (non-hydrogen) atoms. The van der Waals surface area contributed by atoms with Crippen molar-refractivity contribution in [1.29, 1.82) is 5.26 Å². The van der Waals surface area contributed by atoms with Crippen LogP contribution in [0.15, 0.2) is 30.3 Å². The lowest BCUT2D eigenvalue weighted by Crippen LogP contribution is -2.28. The minimum Gasteiger partial charge on any atom is -0.302 e. The first-order chi connectivity index (χ1) is 6.33. The van der Waals surface area contributed by atoms with E-state index in [4.69, 9.17) is 5.26 Å². The van der Waals surface area contributed by atoms with Gasteiger partial charge < -0.3 is 5.32 Å². The van der Waals surface area contributed by atoms with Crippen LogP contribution in [0, 0.1) is 11.3 Å². The van der Waals surface area contributed by atoms with Crippen molar-refractivity contribution in [2.45, 2.75) is 19.4 Å². The molecule has 2 nitrogen and oxygen atoms in total. The highest BCUT2D eigenvalue weighted by molar-refractivity contribution is 5.15. The van der Waals surface area contributed by atoms with Crippen LogP contribution in [0.3, 0.4) is 0 Å². The summed E-state index contributed by atoms with van der Waals surface area (Å²) in [4.78, 5) is 0. The Morgan fingerprint density at radius 2 is 2.08 bits per heavy atom. The third-order valence-electron chi connectivity index (χ3n) is 1.91. The molecule has 1 aromatic rings. The number of benzene rings is 1. The van der Waals surface area contributed by atoms with Gasteiger partial charge in [0.05, 0.1) is 12.6 Å². The van der Waals surface area contributed by atoms with Crippen molar-refractivity contribution in [2.75, 3.05) is 6.54 Å². The normalized spacial score (nSPS) is 12.0. The van der Waals surface area contributed by atoms with Crippen LogP contribution in [-0.4, -0.2) is 12.6 Å². The Bertz CT molecular complexity index is 274. The van der Waals surface area contributed by atoms with Gasteiger partial charge >= 0.3 is 0 Å². The third kappa shape index (κ3) is 3.73. The summed E-state index contributed by atoms with van der Waals surface area (Å²) < 4.78 is 0. The van der Waals surface area contributed by atoms with Gasteiger partial charge in [0.15, 0.2) is 0 Å². The second kappa shape index (κ2) is 5.34. The molecule has 0 amide bonds. The molecule has 0 radical (unpaired) electrons. The number of nitriles is 1. The third-order valence-corrected chi connectivity index (χ3v) is 1.91. The fraction of sp³-hybridized carbons (Fsp3) is 0.364. The van der Waals surface area contributed by atoms with E-state index in [-0.39, 0.29) is 0 Å². The summed E-state index contributed by atoms with van der Waals surface area (Å²) in [6.07, 6.45) is 0.975. The van der Waals surface area contributed by atoms with Gasteiger partial charge in [-0.2, -0.15) is 5.26 Å². The van der Waals surface area contributed by atoms with Gasteiger partial charge in [0, 0.05) is 6.04 Å². The lowest BCUT2D eigenvalue weighted by Gasteiger charge is -2.10. The fourth-order valence-electron chi connectivity index (χ4n) is 1.26. The van der Waals surface area contributed by atoms with Gasteiger partial charge in [-0.1, -0.05) is 30.3 Å². The van der Waals surface area contributed by atoms with Gasteiger partial charge in [-0.3, -0.25) is 0 Å². The summed E-state index contributed by atoms with van der Waals surface area (Å²) in [5.74, 6) is 0. The molecule has 68 valence electrons. The Morgan fingerprint density at radius 1 is 1.38 bits per heavy atom. The van der Waals surface area contributed by atoms with E-state index in [0.717, 1.165) is 6.42 Å². The zero-order valence-corrected chi connectivity index (χ0v) is 7.83. The predicted molar refractivity (Wildman–Crippen MR) is 53.2 cm³/mol. The summed E-state index contributed by atoms with van der Waals surface area (Å²) in [5.41, 5.74) is 1.31. The fourth-order valence-corrected chi connectivity index (χ4v) is 1.26. The van der Waals surface area contributed by atoms with Crippen molar-refractivity contribution < 1.29 is 0 Å². The highest BCUT2D eigenvalue weighted by atomic mass is 14.9. The van der Waals surface area contributed by atoms with Gasteiger partial charge in [0.25, 0.3) is 0 Å². The van der Waals surface area contributed by atoms with E-state index >= 15 is 0 Å². The van der Waals surface area contributed by atoms with E-state index in [0.29, 0.717) is 12.6 Å². The molecular weight excluding hydrogens is 160 g/mol. The van der Waals surface area contributed by atoms with E-state index in [1.807, 2.05) is 18.2 Å². The zero-order chi connectivity index (χ0) is 9.52. The second-order valence-corrected chi connectivity index (χ2v) is 3.13. The number of rotatable bonds is 4. The molecule has 0 aliphatic rings. The van der Waals surface area contributed by atoms with Crippen LogP contribution in [0.25, 0.3) is 0 Å². The van der Waals surface area contributed by atoms with E-state index in [1.165, 1.54) is 5.56 Å². The van der Waals surface area contributed by atoms with Gasteiger partial charge in [-0.05, 0) is 18.9 Å². The molecule has 0 heterocycles. The first-order valence-electron chi connectivity index (χ1n) is 4.47. The second-order valence-electron chi connectivity index (χ2n) is 3.13. The Morgan fingerprint density at radius 3 is 2.69 bits per heavy atom. The van der Waals surface area contributed by atoms with Crippen molar-refractivity contribution in [2.24, 2.45) is 0 Å². The summed E-state index contributed by atoms with van der Waals surface area (Å²) >= 11 is 0. The van der Waals surface area contributed by atoms with Crippen LogP contribution in [0.2, 0.25) is 0 Å². The summed E-state index contributed by atoms with van der Waals surface area (Å²) in [6, 6.07) is 12.7. The molecule has 0 saturated heterocycles. The number of nitrogens with zero attached hydrogens (tertiary/aromatic N) is 1. The largest absolute Gasteiger partial charge is 0.302 e. The maximum absolute atomic E-state index is 8.37. The quantitative estimate of drug-likeness (QED) is 0.706. The maximum atomic E-state index is 8.37. The molecule has 0 aromatic heterocycles. The molecule has 0 fully saturated rings. The summed E-state index contributed by atoms with van der Waals surface area (Å²) in [5, 5.41) is 11.5. The molecule has 0 aliphatic heterocycles. The van der Waals surface area contributed by atoms with E-state index < -0.39 is 0 Å². The molecule has 0 saturated carbocycles. The minimum absolute atomic E-state index is 0.363. The summed E-state index contributed by atoms with van der Waals surface area (Å²) in [7, 11) is 0. The summed E-state index contributed by atoms with van der Waals surface area (Å²) in [6.45, 7) is 2.51. The van der Waals surface area contributed by atoms with Crippen LogP contribution in [0.4, 0.5) is 0 Å². The smallest absolute Gasteiger partial charge is 0.0843 e. The monoisotopic (exact) mass is 174 g/mol. The first kappa shape index (κ1) is 9.76. The number of nitrogens with one attached hydrogen (secondary N) is 1. The SMILES string of the molecule is C[C@@H](Cc1ccccc1)NCC#N. The maximum Gasteiger partial charge on any atom is 0.0843 e. The molecule has 1 aromatic carbocycles. The Kier molecular flexibility index (Phi) is 4.01. The van der Waals surface area contributed by atoms with Gasteiger partial charge in [0.1, 0.15) is 0 Å². The Labute approximate surface area is 79.2 Å².